The number of hydrogen-bond acceptors (Lipinski definition) is 3. The van der Waals surface area contributed by atoms with E-state index in [4.69, 9.17) is 11.6 Å². The quantitative estimate of drug-likeness (QED) is 0.892. The SMILES string of the molecule is C[C@H]1C[C@@H](C(=O)NC2CCN(C)C2c2ccc(Cl)cc2)CCN1. The van der Waals surface area contributed by atoms with E-state index in [-0.39, 0.29) is 23.9 Å². The van der Waals surface area contributed by atoms with Gasteiger partial charge in [0.2, 0.25) is 5.91 Å². The lowest BCUT2D eigenvalue weighted by Gasteiger charge is -2.30. The lowest BCUT2D eigenvalue weighted by atomic mass is 9.91. The van der Waals surface area contributed by atoms with Crippen LogP contribution in [0, 0.1) is 5.92 Å². The molecule has 1 aromatic rings. The van der Waals surface area contributed by atoms with Gasteiger partial charge in [0, 0.05) is 29.6 Å². The zero-order chi connectivity index (χ0) is 16.4. The molecule has 2 N–H and O–H groups in total. The van der Waals surface area contributed by atoms with E-state index in [1.54, 1.807) is 0 Å². The number of likely N-dealkylation sites (N-methyl/N-ethyl adjacent to an activating group) is 1. The number of carbonyl (C=O) groups is 1. The van der Waals surface area contributed by atoms with E-state index in [9.17, 15) is 4.79 Å². The monoisotopic (exact) mass is 335 g/mol. The fourth-order valence-corrected chi connectivity index (χ4v) is 4.04. The topological polar surface area (TPSA) is 44.4 Å². The summed E-state index contributed by atoms with van der Waals surface area (Å²) in [5.41, 5.74) is 1.22. The minimum Gasteiger partial charge on any atom is -0.351 e. The van der Waals surface area contributed by atoms with Gasteiger partial charge in [-0.3, -0.25) is 9.69 Å². The zero-order valence-electron chi connectivity index (χ0n) is 13.9. The standard InChI is InChI=1S/C18H26ClN3O/c1-12-11-14(7-9-20-12)18(23)21-16-8-10-22(2)17(16)13-3-5-15(19)6-4-13/h3-6,12,14,16-17,20H,7-11H2,1-2H3,(H,21,23)/t12-,14-,16?,17?/m0/s1. The fraction of sp³-hybridized carbons (Fsp3) is 0.611. The third-order valence-electron chi connectivity index (χ3n) is 5.18. The highest BCUT2D eigenvalue weighted by atomic mass is 35.5. The predicted molar refractivity (Wildman–Crippen MR) is 93.6 cm³/mol. The molecule has 126 valence electrons. The van der Waals surface area contributed by atoms with Crippen molar-refractivity contribution in [1.82, 2.24) is 15.5 Å². The second-order valence-corrected chi connectivity index (χ2v) is 7.39. The van der Waals surface area contributed by atoms with Crippen LogP contribution in [0.5, 0.6) is 0 Å². The van der Waals surface area contributed by atoms with E-state index in [1.807, 2.05) is 12.1 Å². The van der Waals surface area contributed by atoms with E-state index in [0.29, 0.717) is 6.04 Å². The summed E-state index contributed by atoms with van der Waals surface area (Å²) in [5, 5.41) is 7.48. The van der Waals surface area contributed by atoms with Crippen LogP contribution in [0.4, 0.5) is 0 Å². The Morgan fingerprint density at radius 1 is 1.30 bits per heavy atom. The van der Waals surface area contributed by atoms with E-state index < -0.39 is 0 Å². The van der Waals surface area contributed by atoms with Crippen LogP contribution in [0.3, 0.4) is 0 Å². The molecule has 4 atom stereocenters. The first-order valence-electron chi connectivity index (χ1n) is 8.54. The van der Waals surface area contributed by atoms with Gasteiger partial charge in [-0.05, 0) is 57.5 Å². The van der Waals surface area contributed by atoms with Crippen LogP contribution in [-0.4, -0.2) is 43.0 Å². The van der Waals surface area contributed by atoms with Gasteiger partial charge in [-0.25, -0.2) is 0 Å². The maximum absolute atomic E-state index is 12.7. The molecule has 5 heteroatoms. The summed E-state index contributed by atoms with van der Waals surface area (Å²) in [5.74, 6) is 0.362. The summed E-state index contributed by atoms with van der Waals surface area (Å²) in [6, 6.07) is 8.83. The summed E-state index contributed by atoms with van der Waals surface area (Å²) < 4.78 is 0. The smallest absolute Gasteiger partial charge is 0.223 e. The summed E-state index contributed by atoms with van der Waals surface area (Å²) >= 11 is 6.00. The molecular weight excluding hydrogens is 310 g/mol. The Kier molecular flexibility index (Phi) is 5.24. The van der Waals surface area contributed by atoms with Crippen molar-refractivity contribution in [1.29, 1.82) is 0 Å². The lowest BCUT2D eigenvalue weighted by molar-refractivity contribution is -0.127. The molecule has 0 bridgehead atoms. The average Bonchev–Trinajstić information content (AvgIpc) is 2.89. The van der Waals surface area contributed by atoms with Crippen molar-refractivity contribution in [2.75, 3.05) is 20.1 Å². The number of rotatable bonds is 3. The van der Waals surface area contributed by atoms with Gasteiger partial charge in [0.25, 0.3) is 0 Å². The van der Waals surface area contributed by atoms with E-state index in [0.717, 1.165) is 37.4 Å². The van der Waals surface area contributed by atoms with Crippen molar-refractivity contribution in [2.24, 2.45) is 5.92 Å². The molecule has 1 amide bonds. The van der Waals surface area contributed by atoms with Crippen molar-refractivity contribution >= 4 is 17.5 Å². The van der Waals surface area contributed by atoms with Crippen LogP contribution in [-0.2, 0) is 4.79 Å². The first kappa shape index (κ1) is 16.7. The number of nitrogens with one attached hydrogen (secondary N) is 2. The Morgan fingerprint density at radius 2 is 2.04 bits per heavy atom. The molecule has 2 aliphatic rings. The van der Waals surface area contributed by atoms with Gasteiger partial charge in [-0.2, -0.15) is 0 Å². The van der Waals surface area contributed by atoms with E-state index in [2.05, 4.69) is 41.6 Å². The molecule has 0 spiro atoms. The minimum absolute atomic E-state index is 0.142. The molecule has 2 heterocycles. The van der Waals surface area contributed by atoms with Crippen molar-refractivity contribution in [3.05, 3.63) is 34.9 Å². The third kappa shape index (κ3) is 3.87. The van der Waals surface area contributed by atoms with Gasteiger partial charge in [-0.15, -0.1) is 0 Å². The van der Waals surface area contributed by atoms with Gasteiger partial charge in [0.15, 0.2) is 0 Å². The molecule has 2 aliphatic heterocycles. The van der Waals surface area contributed by atoms with Crippen molar-refractivity contribution in [3.8, 4) is 0 Å². The number of nitrogens with zero attached hydrogens (tertiary/aromatic N) is 1. The second-order valence-electron chi connectivity index (χ2n) is 6.96. The highest BCUT2D eigenvalue weighted by molar-refractivity contribution is 6.30. The molecule has 0 aromatic heterocycles. The largest absolute Gasteiger partial charge is 0.351 e. The van der Waals surface area contributed by atoms with Gasteiger partial charge < -0.3 is 10.6 Å². The number of benzene rings is 1. The van der Waals surface area contributed by atoms with Gasteiger partial charge in [-0.1, -0.05) is 23.7 Å². The Balaban J connectivity index is 1.68. The Labute approximate surface area is 143 Å². The second kappa shape index (κ2) is 7.20. The Morgan fingerprint density at radius 3 is 2.74 bits per heavy atom. The highest BCUT2D eigenvalue weighted by Crippen LogP contribution is 2.32. The lowest BCUT2D eigenvalue weighted by Crippen LogP contribution is -2.46. The number of piperidine rings is 1. The van der Waals surface area contributed by atoms with Gasteiger partial charge in [0.05, 0.1) is 6.04 Å². The fourth-order valence-electron chi connectivity index (χ4n) is 3.92. The molecule has 1 aromatic carbocycles. The summed E-state index contributed by atoms with van der Waals surface area (Å²) in [6.45, 7) is 4.09. The van der Waals surface area contributed by atoms with Crippen molar-refractivity contribution < 1.29 is 4.79 Å². The summed E-state index contributed by atoms with van der Waals surface area (Å²) in [4.78, 5) is 15.0. The highest BCUT2D eigenvalue weighted by Gasteiger charge is 2.35. The Bertz CT molecular complexity index is 548. The normalized spacial score (nSPS) is 32.0. The van der Waals surface area contributed by atoms with Crippen LogP contribution in [0.2, 0.25) is 5.02 Å². The molecular formula is C18H26ClN3O. The van der Waals surface area contributed by atoms with Crippen LogP contribution < -0.4 is 10.6 Å². The first-order valence-corrected chi connectivity index (χ1v) is 8.92. The number of hydrogen-bond donors (Lipinski definition) is 2. The van der Waals surface area contributed by atoms with Crippen molar-refractivity contribution in [2.45, 2.75) is 44.3 Å². The molecule has 4 nitrogen and oxygen atoms in total. The Hall–Kier alpha value is -1.10. The molecule has 2 fully saturated rings. The maximum atomic E-state index is 12.7. The first-order chi connectivity index (χ1) is 11.0. The number of carbonyl (C=O) groups excluding carboxylic acids is 1. The number of halogens is 1. The molecule has 2 unspecified atom stereocenters. The van der Waals surface area contributed by atoms with Crippen LogP contribution in [0.25, 0.3) is 0 Å². The van der Waals surface area contributed by atoms with Gasteiger partial charge in [0.1, 0.15) is 0 Å². The maximum Gasteiger partial charge on any atom is 0.223 e. The summed E-state index contributed by atoms with van der Waals surface area (Å²) in [6.07, 6.45) is 2.86. The van der Waals surface area contributed by atoms with Crippen LogP contribution in [0.15, 0.2) is 24.3 Å². The van der Waals surface area contributed by atoms with E-state index >= 15 is 0 Å². The number of amides is 1. The third-order valence-corrected chi connectivity index (χ3v) is 5.43. The van der Waals surface area contributed by atoms with Crippen LogP contribution >= 0.6 is 11.6 Å². The van der Waals surface area contributed by atoms with Crippen molar-refractivity contribution in [3.63, 3.8) is 0 Å². The molecule has 0 aliphatic carbocycles. The van der Waals surface area contributed by atoms with Gasteiger partial charge >= 0.3 is 0 Å². The average molecular weight is 336 g/mol. The number of likely N-dealkylation sites (tertiary alicyclic amines) is 1. The molecule has 3 rings (SSSR count). The van der Waals surface area contributed by atoms with E-state index in [1.165, 1.54) is 5.56 Å². The zero-order valence-corrected chi connectivity index (χ0v) is 14.6. The minimum atomic E-state index is 0.142. The molecule has 0 saturated carbocycles. The summed E-state index contributed by atoms with van der Waals surface area (Å²) in [7, 11) is 2.12. The predicted octanol–water partition coefficient (Wildman–Crippen LogP) is 2.59. The molecule has 2 saturated heterocycles. The molecule has 23 heavy (non-hydrogen) atoms. The molecule has 0 radical (unpaired) electrons. The van der Waals surface area contributed by atoms with Crippen LogP contribution in [0.1, 0.15) is 37.8 Å².